The molecule has 0 aliphatic heterocycles. The summed E-state index contributed by atoms with van der Waals surface area (Å²) in [7, 11) is 0. The fourth-order valence-electron chi connectivity index (χ4n) is 0.700. The highest BCUT2D eigenvalue weighted by Gasteiger charge is 1.89. The number of halogens is 1. The molecule has 0 aliphatic carbocycles. The Hall–Kier alpha value is -1.000. The van der Waals surface area contributed by atoms with Crippen molar-refractivity contribution in [2.75, 3.05) is 0 Å². The quantitative estimate of drug-likeness (QED) is 0.483. The number of allylic oxidation sites excluding steroid dienone is 6. The molecule has 0 aromatic heterocycles. The highest BCUT2D eigenvalue weighted by molar-refractivity contribution is 6.31. The van der Waals surface area contributed by atoms with Crippen LogP contribution in [0.3, 0.4) is 0 Å². The Morgan fingerprint density at radius 3 is 2.67 bits per heavy atom. The van der Waals surface area contributed by atoms with Gasteiger partial charge in [-0.3, -0.25) is 0 Å². The van der Waals surface area contributed by atoms with E-state index in [1.807, 2.05) is 32.1 Å². The van der Waals surface area contributed by atoms with Crippen molar-refractivity contribution in [1.29, 1.82) is 5.26 Å². The molecule has 0 rings (SSSR count). The van der Waals surface area contributed by atoms with Gasteiger partial charge in [-0.2, -0.15) is 5.26 Å². The highest BCUT2D eigenvalue weighted by atomic mass is 35.5. The first-order valence-electron chi connectivity index (χ1n) is 3.84. The zero-order valence-electron chi connectivity index (χ0n) is 7.34. The lowest BCUT2D eigenvalue weighted by atomic mass is 10.2. The predicted octanol–water partition coefficient (Wildman–Crippen LogP) is 3.55. The SMILES string of the molecule is C\C=C/C(C#N)=C\C(Cl)=C\CC. The van der Waals surface area contributed by atoms with Gasteiger partial charge in [0.2, 0.25) is 0 Å². The van der Waals surface area contributed by atoms with Crippen LogP contribution in [0.1, 0.15) is 20.3 Å². The molecule has 0 N–H and O–H groups in total. The fraction of sp³-hybridized carbons (Fsp3) is 0.300. The minimum absolute atomic E-state index is 0.576. The summed E-state index contributed by atoms with van der Waals surface area (Å²) in [4.78, 5) is 0. The monoisotopic (exact) mass is 181 g/mol. The first-order chi connectivity index (χ1) is 5.74. The summed E-state index contributed by atoms with van der Waals surface area (Å²) >= 11 is 5.79. The summed E-state index contributed by atoms with van der Waals surface area (Å²) in [6, 6.07) is 2.04. The zero-order valence-corrected chi connectivity index (χ0v) is 8.10. The van der Waals surface area contributed by atoms with E-state index in [-0.39, 0.29) is 0 Å². The van der Waals surface area contributed by atoms with Crippen molar-refractivity contribution in [2.45, 2.75) is 20.3 Å². The summed E-state index contributed by atoms with van der Waals surface area (Å²) in [6.07, 6.45) is 7.94. The summed E-state index contributed by atoms with van der Waals surface area (Å²) in [6.45, 7) is 3.86. The van der Waals surface area contributed by atoms with E-state index in [1.165, 1.54) is 0 Å². The molecule has 1 nitrogen and oxygen atoms in total. The Kier molecular flexibility index (Phi) is 6.14. The van der Waals surface area contributed by atoms with Crippen LogP contribution in [0, 0.1) is 11.3 Å². The van der Waals surface area contributed by atoms with Crippen LogP contribution in [0.25, 0.3) is 0 Å². The molecule has 0 aliphatic rings. The summed E-state index contributed by atoms with van der Waals surface area (Å²) < 4.78 is 0. The standard InChI is InChI=1S/C10H12ClN/c1-3-5-9(8-12)7-10(11)6-4-2/h3,5-7H,4H2,1-2H3/b5-3-,9-7+,10-6-. The van der Waals surface area contributed by atoms with E-state index in [4.69, 9.17) is 16.9 Å². The van der Waals surface area contributed by atoms with Gasteiger partial charge in [-0.25, -0.2) is 0 Å². The Morgan fingerprint density at radius 2 is 2.25 bits per heavy atom. The first-order valence-corrected chi connectivity index (χ1v) is 4.22. The molecule has 0 bridgehead atoms. The molecule has 0 atom stereocenters. The van der Waals surface area contributed by atoms with Gasteiger partial charge in [-0.05, 0) is 25.5 Å². The van der Waals surface area contributed by atoms with Crippen molar-refractivity contribution >= 4 is 11.6 Å². The second-order valence-electron chi connectivity index (χ2n) is 2.21. The Balaban J connectivity index is 4.51. The van der Waals surface area contributed by atoms with Crippen LogP contribution in [0.15, 0.2) is 34.9 Å². The van der Waals surface area contributed by atoms with E-state index in [9.17, 15) is 0 Å². The third-order valence-corrected chi connectivity index (χ3v) is 1.43. The van der Waals surface area contributed by atoms with E-state index in [1.54, 1.807) is 12.2 Å². The maximum atomic E-state index is 8.62. The molecular weight excluding hydrogens is 170 g/mol. The fourth-order valence-corrected chi connectivity index (χ4v) is 0.972. The van der Waals surface area contributed by atoms with E-state index in [2.05, 4.69) is 0 Å². The van der Waals surface area contributed by atoms with Gasteiger partial charge in [-0.1, -0.05) is 30.7 Å². The van der Waals surface area contributed by atoms with Gasteiger partial charge in [0.1, 0.15) is 0 Å². The normalized spacial score (nSPS) is 13.5. The van der Waals surface area contributed by atoms with Crippen LogP contribution < -0.4 is 0 Å². The Morgan fingerprint density at radius 1 is 1.58 bits per heavy atom. The van der Waals surface area contributed by atoms with Gasteiger partial charge in [-0.15, -0.1) is 0 Å². The lowest BCUT2D eigenvalue weighted by Gasteiger charge is -1.88. The molecule has 0 aromatic rings. The van der Waals surface area contributed by atoms with Gasteiger partial charge in [0.25, 0.3) is 0 Å². The number of nitriles is 1. The van der Waals surface area contributed by atoms with Crippen molar-refractivity contribution in [2.24, 2.45) is 0 Å². The Labute approximate surface area is 78.7 Å². The van der Waals surface area contributed by atoms with Gasteiger partial charge >= 0.3 is 0 Å². The van der Waals surface area contributed by atoms with E-state index >= 15 is 0 Å². The number of rotatable bonds is 3. The first kappa shape index (κ1) is 11.0. The molecule has 0 saturated carbocycles. The highest BCUT2D eigenvalue weighted by Crippen LogP contribution is 2.08. The van der Waals surface area contributed by atoms with Crippen molar-refractivity contribution in [1.82, 2.24) is 0 Å². The van der Waals surface area contributed by atoms with E-state index in [0.29, 0.717) is 10.6 Å². The summed E-state index contributed by atoms with van der Waals surface area (Å²) in [5.74, 6) is 0. The van der Waals surface area contributed by atoms with Crippen molar-refractivity contribution in [3.63, 3.8) is 0 Å². The van der Waals surface area contributed by atoms with Crippen LogP contribution >= 0.6 is 11.6 Å². The lowest BCUT2D eigenvalue weighted by Crippen LogP contribution is -1.72. The van der Waals surface area contributed by atoms with Crippen LogP contribution in [0.4, 0.5) is 0 Å². The number of hydrogen-bond donors (Lipinski definition) is 0. The van der Waals surface area contributed by atoms with Crippen LogP contribution in [0.2, 0.25) is 0 Å². The average Bonchev–Trinajstić information content (AvgIpc) is 2.04. The Bertz CT molecular complexity index is 254. The average molecular weight is 182 g/mol. The molecule has 0 heterocycles. The number of hydrogen-bond acceptors (Lipinski definition) is 1. The van der Waals surface area contributed by atoms with Gasteiger partial charge < -0.3 is 0 Å². The molecule has 0 fully saturated rings. The second kappa shape index (κ2) is 6.69. The molecule has 0 spiro atoms. The van der Waals surface area contributed by atoms with E-state index in [0.717, 1.165) is 6.42 Å². The summed E-state index contributed by atoms with van der Waals surface area (Å²) in [5, 5.41) is 9.24. The second-order valence-corrected chi connectivity index (χ2v) is 2.65. The molecule has 12 heavy (non-hydrogen) atoms. The van der Waals surface area contributed by atoms with Crippen LogP contribution in [-0.2, 0) is 0 Å². The van der Waals surface area contributed by atoms with Gasteiger partial charge in [0.15, 0.2) is 0 Å². The molecule has 0 aromatic carbocycles. The van der Waals surface area contributed by atoms with Crippen molar-refractivity contribution < 1.29 is 0 Å². The minimum atomic E-state index is 0.576. The molecule has 0 radical (unpaired) electrons. The molecule has 0 saturated heterocycles. The predicted molar refractivity (Wildman–Crippen MR) is 52.7 cm³/mol. The largest absolute Gasteiger partial charge is 0.192 e. The van der Waals surface area contributed by atoms with Gasteiger partial charge in [0, 0.05) is 5.03 Å². The topological polar surface area (TPSA) is 23.8 Å². The molecule has 0 unspecified atom stereocenters. The molecule has 2 heteroatoms. The summed E-state index contributed by atoms with van der Waals surface area (Å²) in [5.41, 5.74) is 0.576. The molecule has 0 amide bonds. The third kappa shape index (κ3) is 4.76. The lowest BCUT2D eigenvalue weighted by molar-refractivity contribution is 1.22. The van der Waals surface area contributed by atoms with Gasteiger partial charge in [0.05, 0.1) is 11.6 Å². The minimum Gasteiger partial charge on any atom is -0.192 e. The maximum Gasteiger partial charge on any atom is 0.0992 e. The smallest absolute Gasteiger partial charge is 0.0992 e. The van der Waals surface area contributed by atoms with Crippen LogP contribution in [0.5, 0.6) is 0 Å². The molecular formula is C10H12ClN. The third-order valence-electron chi connectivity index (χ3n) is 1.17. The maximum absolute atomic E-state index is 8.62. The van der Waals surface area contributed by atoms with E-state index < -0.39 is 0 Å². The number of nitrogens with zero attached hydrogens (tertiary/aromatic N) is 1. The van der Waals surface area contributed by atoms with Crippen molar-refractivity contribution in [3.8, 4) is 6.07 Å². The zero-order chi connectivity index (χ0) is 9.40. The van der Waals surface area contributed by atoms with Crippen LogP contribution in [-0.4, -0.2) is 0 Å². The molecule has 64 valence electrons. The van der Waals surface area contributed by atoms with Crippen molar-refractivity contribution in [3.05, 3.63) is 34.9 Å².